The van der Waals surface area contributed by atoms with Gasteiger partial charge in [-0.15, -0.1) is 0 Å². The minimum absolute atomic E-state index is 0.0104. The Hall–Kier alpha value is -1.68. The molecule has 2 saturated heterocycles. The van der Waals surface area contributed by atoms with Gasteiger partial charge < -0.3 is 9.15 Å². The highest BCUT2D eigenvalue weighted by molar-refractivity contribution is 5.99. The van der Waals surface area contributed by atoms with Crippen LogP contribution in [-0.2, 0) is 4.74 Å². The van der Waals surface area contributed by atoms with E-state index in [1.165, 1.54) is 12.1 Å². The number of hydrogen-bond donors (Lipinski definition) is 0. The molecule has 2 aliphatic heterocycles. The largest absolute Gasteiger partial charge is 0.453 e. The molecule has 19 heavy (non-hydrogen) atoms. The fourth-order valence-electron chi connectivity index (χ4n) is 3.23. The number of ketones is 1. The van der Waals surface area contributed by atoms with Crippen molar-refractivity contribution in [3.8, 4) is 0 Å². The second-order valence-electron chi connectivity index (χ2n) is 5.37. The maximum atomic E-state index is 13.1. The molecule has 0 spiro atoms. The van der Waals surface area contributed by atoms with E-state index >= 15 is 0 Å². The standard InChI is InChI=1S/C15H13FO3/c16-9-1-3-12-8(5-9)6-14(19-12)15(17)11-7-10-2-4-13(11)18-10/h1,3,5-6,10-11,13H,2,4,7H2. The number of carbonyl (C=O) groups excluding carboxylic acids is 1. The van der Waals surface area contributed by atoms with E-state index in [1.54, 1.807) is 12.1 Å². The van der Waals surface area contributed by atoms with Gasteiger partial charge in [0, 0.05) is 5.39 Å². The van der Waals surface area contributed by atoms with Gasteiger partial charge in [-0.05, 0) is 43.5 Å². The van der Waals surface area contributed by atoms with Crippen LogP contribution < -0.4 is 0 Å². The van der Waals surface area contributed by atoms with Gasteiger partial charge in [0.25, 0.3) is 0 Å². The van der Waals surface area contributed by atoms with Crippen LogP contribution in [0.2, 0.25) is 0 Å². The van der Waals surface area contributed by atoms with Crippen molar-refractivity contribution in [3.05, 3.63) is 35.8 Å². The van der Waals surface area contributed by atoms with Gasteiger partial charge in [-0.3, -0.25) is 4.79 Å². The van der Waals surface area contributed by atoms with Crippen molar-refractivity contribution >= 4 is 16.8 Å². The Morgan fingerprint density at radius 1 is 1.26 bits per heavy atom. The predicted octanol–water partition coefficient (Wildman–Crippen LogP) is 3.32. The maximum Gasteiger partial charge on any atom is 0.203 e. The van der Waals surface area contributed by atoms with Gasteiger partial charge in [-0.2, -0.15) is 0 Å². The van der Waals surface area contributed by atoms with Crippen LogP contribution in [0.1, 0.15) is 29.8 Å². The van der Waals surface area contributed by atoms with E-state index in [2.05, 4.69) is 0 Å². The maximum absolute atomic E-state index is 13.1. The average Bonchev–Trinajstić information content (AvgIpc) is 3.11. The van der Waals surface area contributed by atoms with Crippen molar-refractivity contribution in [1.82, 2.24) is 0 Å². The number of benzene rings is 1. The van der Waals surface area contributed by atoms with Crippen LogP contribution in [0.25, 0.3) is 11.0 Å². The topological polar surface area (TPSA) is 39.4 Å². The smallest absolute Gasteiger partial charge is 0.203 e. The summed E-state index contributed by atoms with van der Waals surface area (Å²) < 4.78 is 24.4. The average molecular weight is 260 g/mol. The van der Waals surface area contributed by atoms with Crippen LogP contribution in [0.3, 0.4) is 0 Å². The van der Waals surface area contributed by atoms with Crippen molar-refractivity contribution in [2.75, 3.05) is 0 Å². The molecule has 0 saturated carbocycles. The normalized spacial score (nSPS) is 29.2. The summed E-state index contributed by atoms with van der Waals surface area (Å²) in [5.74, 6) is -0.106. The fraction of sp³-hybridized carbons (Fsp3) is 0.400. The molecule has 2 aliphatic rings. The molecule has 1 aromatic carbocycles. The number of ether oxygens (including phenoxy) is 1. The van der Waals surface area contributed by atoms with Crippen LogP contribution in [0.4, 0.5) is 4.39 Å². The molecular formula is C15H13FO3. The molecule has 4 rings (SSSR count). The van der Waals surface area contributed by atoms with Crippen molar-refractivity contribution in [2.24, 2.45) is 5.92 Å². The summed E-state index contributed by atoms with van der Waals surface area (Å²) in [6.45, 7) is 0. The van der Waals surface area contributed by atoms with Gasteiger partial charge in [-0.1, -0.05) is 0 Å². The molecule has 3 nitrogen and oxygen atoms in total. The van der Waals surface area contributed by atoms with E-state index in [4.69, 9.17) is 9.15 Å². The lowest BCUT2D eigenvalue weighted by molar-refractivity contribution is 0.0724. The number of carbonyl (C=O) groups is 1. The van der Waals surface area contributed by atoms with Gasteiger partial charge in [0.2, 0.25) is 5.78 Å². The van der Waals surface area contributed by atoms with Gasteiger partial charge in [-0.25, -0.2) is 4.39 Å². The Balaban J connectivity index is 1.68. The van der Waals surface area contributed by atoms with Crippen molar-refractivity contribution < 1.29 is 18.3 Å². The first-order chi connectivity index (χ1) is 9.20. The first kappa shape index (κ1) is 11.2. The second kappa shape index (κ2) is 3.90. The minimum atomic E-state index is -0.324. The lowest BCUT2D eigenvalue weighted by Crippen LogP contribution is -2.25. The zero-order valence-electron chi connectivity index (χ0n) is 10.3. The molecule has 98 valence electrons. The number of halogens is 1. The number of rotatable bonds is 2. The van der Waals surface area contributed by atoms with E-state index in [1.807, 2.05) is 0 Å². The Morgan fingerprint density at radius 3 is 2.89 bits per heavy atom. The van der Waals surface area contributed by atoms with Gasteiger partial charge >= 0.3 is 0 Å². The lowest BCUT2D eigenvalue weighted by atomic mass is 9.85. The van der Waals surface area contributed by atoms with E-state index < -0.39 is 0 Å². The highest BCUT2D eigenvalue weighted by atomic mass is 19.1. The lowest BCUT2D eigenvalue weighted by Gasteiger charge is -2.15. The molecule has 2 fully saturated rings. The number of hydrogen-bond acceptors (Lipinski definition) is 3. The molecule has 3 unspecified atom stereocenters. The molecule has 0 N–H and O–H groups in total. The van der Waals surface area contributed by atoms with E-state index in [9.17, 15) is 9.18 Å². The monoisotopic (exact) mass is 260 g/mol. The molecule has 3 atom stereocenters. The summed E-state index contributed by atoms with van der Waals surface area (Å²) in [6, 6.07) is 5.90. The SMILES string of the molecule is O=C(c1cc2cc(F)ccc2o1)C1CC2CCC1O2. The summed E-state index contributed by atoms with van der Waals surface area (Å²) in [5.41, 5.74) is 0.550. The van der Waals surface area contributed by atoms with Crippen molar-refractivity contribution in [3.63, 3.8) is 0 Å². The zero-order valence-corrected chi connectivity index (χ0v) is 10.3. The van der Waals surface area contributed by atoms with Gasteiger partial charge in [0.05, 0.1) is 18.1 Å². The minimum Gasteiger partial charge on any atom is -0.453 e. The molecule has 0 aliphatic carbocycles. The number of fused-ring (bicyclic) bond motifs is 3. The molecule has 0 radical (unpaired) electrons. The van der Waals surface area contributed by atoms with E-state index in [0.29, 0.717) is 16.7 Å². The molecular weight excluding hydrogens is 247 g/mol. The summed E-state index contributed by atoms with van der Waals surface area (Å²) >= 11 is 0. The van der Waals surface area contributed by atoms with Gasteiger partial charge in [0.1, 0.15) is 11.4 Å². The van der Waals surface area contributed by atoms with Crippen LogP contribution in [0.5, 0.6) is 0 Å². The van der Waals surface area contributed by atoms with Crippen LogP contribution in [0, 0.1) is 11.7 Å². The molecule has 2 bridgehead atoms. The Kier molecular flexibility index (Phi) is 2.30. The first-order valence-electron chi connectivity index (χ1n) is 6.59. The van der Waals surface area contributed by atoms with Crippen molar-refractivity contribution in [2.45, 2.75) is 31.5 Å². The second-order valence-corrected chi connectivity index (χ2v) is 5.37. The number of furan rings is 1. The Bertz CT molecular complexity index is 660. The zero-order chi connectivity index (χ0) is 13.0. The molecule has 1 aromatic heterocycles. The number of Topliss-reactive ketones (excluding diaryl/α,β-unsaturated/α-hetero) is 1. The fourth-order valence-corrected chi connectivity index (χ4v) is 3.23. The predicted molar refractivity (Wildman–Crippen MR) is 66.5 cm³/mol. The molecule has 3 heterocycles. The highest BCUT2D eigenvalue weighted by Gasteiger charge is 2.45. The molecule has 0 amide bonds. The third kappa shape index (κ3) is 1.70. The Labute approximate surface area is 109 Å². The first-order valence-corrected chi connectivity index (χ1v) is 6.59. The molecule has 4 heteroatoms. The van der Waals surface area contributed by atoms with Crippen molar-refractivity contribution in [1.29, 1.82) is 0 Å². The summed E-state index contributed by atoms with van der Waals surface area (Å²) in [4.78, 5) is 12.4. The van der Waals surface area contributed by atoms with Gasteiger partial charge in [0.15, 0.2) is 5.76 Å². The third-order valence-corrected chi connectivity index (χ3v) is 4.16. The highest BCUT2D eigenvalue weighted by Crippen LogP contribution is 2.40. The van der Waals surface area contributed by atoms with Crippen LogP contribution in [-0.4, -0.2) is 18.0 Å². The van der Waals surface area contributed by atoms with E-state index in [-0.39, 0.29) is 29.7 Å². The van der Waals surface area contributed by atoms with Crippen LogP contribution in [0.15, 0.2) is 28.7 Å². The van der Waals surface area contributed by atoms with E-state index in [0.717, 1.165) is 19.3 Å². The molecule has 2 aromatic rings. The Morgan fingerprint density at radius 2 is 2.16 bits per heavy atom. The summed E-state index contributed by atoms with van der Waals surface area (Å²) in [7, 11) is 0. The summed E-state index contributed by atoms with van der Waals surface area (Å²) in [6.07, 6.45) is 3.08. The third-order valence-electron chi connectivity index (χ3n) is 4.16. The van der Waals surface area contributed by atoms with Crippen LogP contribution >= 0.6 is 0 Å². The summed E-state index contributed by atoms with van der Waals surface area (Å²) in [5, 5.41) is 0.632. The quantitative estimate of drug-likeness (QED) is 0.777.